The fraction of sp³-hybridized carbons (Fsp3) is 1.00. The van der Waals surface area contributed by atoms with Crippen molar-refractivity contribution in [1.82, 2.24) is 0 Å². The molecule has 3 aliphatic carbocycles. The molecule has 1 nitrogen and oxygen atoms in total. The second-order valence-electron chi connectivity index (χ2n) is 12.0. The summed E-state index contributed by atoms with van der Waals surface area (Å²) in [6, 6.07) is 0. The van der Waals surface area contributed by atoms with Gasteiger partial charge >= 0.3 is 0 Å². The van der Waals surface area contributed by atoms with E-state index in [1.807, 2.05) is 0 Å². The van der Waals surface area contributed by atoms with Crippen LogP contribution in [-0.4, -0.2) is 12.7 Å². The van der Waals surface area contributed by atoms with Gasteiger partial charge in [0.15, 0.2) is 0 Å². The van der Waals surface area contributed by atoms with Crippen LogP contribution in [0.4, 0.5) is 0 Å². The van der Waals surface area contributed by atoms with Crippen molar-refractivity contribution in [2.75, 3.05) is 6.61 Å². The highest BCUT2D eigenvalue weighted by Gasteiger charge is 2.60. The molecule has 0 aromatic carbocycles. The summed E-state index contributed by atoms with van der Waals surface area (Å²) in [6.45, 7) is 13.7. The van der Waals surface area contributed by atoms with E-state index in [2.05, 4.69) is 34.6 Å². The Kier molecular flexibility index (Phi) is 5.74. The molecule has 1 heteroatoms. The summed E-state index contributed by atoms with van der Waals surface area (Å²) in [4.78, 5) is 0. The van der Waals surface area contributed by atoms with Crippen LogP contribution in [-0.2, 0) is 4.74 Å². The van der Waals surface area contributed by atoms with E-state index < -0.39 is 0 Å². The number of rotatable bonds is 5. The summed E-state index contributed by atoms with van der Waals surface area (Å²) in [7, 11) is 0. The third-order valence-electron chi connectivity index (χ3n) is 10.2. The third kappa shape index (κ3) is 3.43. The zero-order valence-corrected chi connectivity index (χ0v) is 18.9. The predicted octanol–water partition coefficient (Wildman–Crippen LogP) is 7.49. The van der Waals surface area contributed by atoms with E-state index in [1.165, 1.54) is 70.6 Å². The smallest absolute Gasteiger partial charge is 0.0631 e. The SMILES string of the molecule is CC(C)CCC[C@@H](C)[C@@H]1CC[C@H]2[C@H]3CC[C@H]4OCCC[C@]4(C)[C@@H]3CC[C@@]21C. The minimum Gasteiger partial charge on any atom is -0.378 e. The molecular weight excluding hydrogens is 328 g/mol. The van der Waals surface area contributed by atoms with E-state index in [0.29, 0.717) is 16.9 Å². The second-order valence-corrected chi connectivity index (χ2v) is 12.0. The van der Waals surface area contributed by atoms with Crippen LogP contribution in [0.25, 0.3) is 0 Å². The minimum atomic E-state index is 0.490. The van der Waals surface area contributed by atoms with Crippen molar-refractivity contribution in [3.63, 3.8) is 0 Å². The highest BCUT2D eigenvalue weighted by Crippen LogP contribution is 2.67. The maximum atomic E-state index is 6.29. The fourth-order valence-electron chi connectivity index (χ4n) is 8.74. The maximum Gasteiger partial charge on any atom is 0.0631 e. The normalized spacial score (nSPS) is 48.0. The number of fused-ring (bicyclic) bond motifs is 5. The topological polar surface area (TPSA) is 9.23 Å². The van der Waals surface area contributed by atoms with Gasteiger partial charge in [-0.2, -0.15) is 0 Å². The number of ether oxygens (including phenoxy) is 1. The van der Waals surface area contributed by atoms with Gasteiger partial charge in [-0.1, -0.05) is 53.9 Å². The van der Waals surface area contributed by atoms with Crippen molar-refractivity contribution in [2.45, 2.75) is 111 Å². The Morgan fingerprint density at radius 3 is 2.41 bits per heavy atom. The van der Waals surface area contributed by atoms with Crippen LogP contribution >= 0.6 is 0 Å². The third-order valence-corrected chi connectivity index (χ3v) is 10.2. The highest BCUT2D eigenvalue weighted by molar-refractivity contribution is 5.09. The van der Waals surface area contributed by atoms with Gasteiger partial charge in [0, 0.05) is 6.61 Å². The Hall–Kier alpha value is -0.0400. The Morgan fingerprint density at radius 1 is 0.852 bits per heavy atom. The van der Waals surface area contributed by atoms with Crippen molar-refractivity contribution in [3.8, 4) is 0 Å². The van der Waals surface area contributed by atoms with Gasteiger partial charge in [0.2, 0.25) is 0 Å². The van der Waals surface area contributed by atoms with E-state index in [1.54, 1.807) is 0 Å². The molecule has 0 unspecified atom stereocenters. The Bertz CT molecular complexity index is 512. The Labute approximate surface area is 169 Å². The molecule has 27 heavy (non-hydrogen) atoms. The molecule has 8 atom stereocenters. The van der Waals surface area contributed by atoms with Crippen LogP contribution in [0.1, 0.15) is 105 Å². The van der Waals surface area contributed by atoms with Crippen LogP contribution in [0.2, 0.25) is 0 Å². The van der Waals surface area contributed by atoms with E-state index in [4.69, 9.17) is 4.74 Å². The zero-order valence-electron chi connectivity index (χ0n) is 18.9. The number of hydrogen-bond donors (Lipinski definition) is 0. The first kappa shape index (κ1) is 20.2. The second kappa shape index (κ2) is 7.66. The van der Waals surface area contributed by atoms with Crippen molar-refractivity contribution in [1.29, 1.82) is 0 Å². The van der Waals surface area contributed by atoms with Gasteiger partial charge in [-0.3, -0.25) is 0 Å². The van der Waals surface area contributed by atoms with Crippen molar-refractivity contribution >= 4 is 0 Å². The zero-order chi connectivity index (χ0) is 19.2. The molecule has 4 rings (SSSR count). The molecule has 3 saturated carbocycles. The van der Waals surface area contributed by atoms with E-state index >= 15 is 0 Å². The molecule has 0 N–H and O–H groups in total. The monoisotopic (exact) mass is 374 g/mol. The number of hydrogen-bond acceptors (Lipinski definition) is 1. The molecule has 4 fully saturated rings. The van der Waals surface area contributed by atoms with Crippen LogP contribution < -0.4 is 0 Å². The van der Waals surface area contributed by atoms with Gasteiger partial charge in [-0.15, -0.1) is 0 Å². The first-order valence-electron chi connectivity index (χ1n) is 12.5. The van der Waals surface area contributed by atoms with Crippen LogP contribution in [0.3, 0.4) is 0 Å². The first-order valence-corrected chi connectivity index (χ1v) is 12.5. The molecule has 1 saturated heterocycles. The summed E-state index contributed by atoms with van der Waals surface area (Å²) in [5.41, 5.74) is 1.13. The summed E-state index contributed by atoms with van der Waals surface area (Å²) in [5.74, 6) is 5.75. The van der Waals surface area contributed by atoms with E-state index in [-0.39, 0.29) is 0 Å². The maximum absolute atomic E-state index is 6.29. The molecule has 0 aromatic rings. The molecule has 0 bridgehead atoms. The lowest BCUT2D eigenvalue weighted by Crippen LogP contribution is -2.56. The quantitative estimate of drug-likeness (QED) is 0.484. The molecule has 1 heterocycles. The lowest BCUT2D eigenvalue weighted by Gasteiger charge is -2.60. The van der Waals surface area contributed by atoms with Crippen LogP contribution in [0, 0.1) is 46.3 Å². The average Bonchev–Trinajstić information content (AvgIpc) is 2.98. The summed E-state index contributed by atoms with van der Waals surface area (Å²) >= 11 is 0. The van der Waals surface area contributed by atoms with E-state index in [9.17, 15) is 0 Å². The molecule has 4 aliphatic rings. The van der Waals surface area contributed by atoms with Crippen molar-refractivity contribution in [2.24, 2.45) is 46.3 Å². The lowest BCUT2D eigenvalue weighted by atomic mass is 9.47. The first-order chi connectivity index (χ1) is 12.9. The van der Waals surface area contributed by atoms with Crippen LogP contribution in [0.15, 0.2) is 0 Å². The predicted molar refractivity (Wildman–Crippen MR) is 115 cm³/mol. The molecule has 0 amide bonds. The lowest BCUT2D eigenvalue weighted by molar-refractivity contribution is -0.175. The summed E-state index contributed by atoms with van der Waals surface area (Å²) in [6.07, 6.45) is 16.5. The summed E-state index contributed by atoms with van der Waals surface area (Å²) in [5, 5.41) is 0. The largest absolute Gasteiger partial charge is 0.378 e. The Balaban J connectivity index is 1.46. The van der Waals surface area contributed by atoms with Gasteiger partial charge in [0.05, 0.1) is 6.10 Å². The minimum absolute atomic E-state index is 0.490. The van der Waals surface area contributed by atoms with Gasteiger partial charge in [-0.05, 0) is 97.7 Å². The fourth-order valence-corrected chi connectivity index (χ4v) is 8.74. The average molecular weight is 375 g/mol. The van der Waals surface area contributed by atoms with Gasteiger partial charge < -0.3 is 4.74 Å². The van der Waals surface area contributed by atoms with Gasteiger partial charge in [0.25, 0.3) is 0 Å². The molecular formula is C26H46O. The molecule has 0 aromatic heterocycles. The van der Waals surface area contributed by atoms with Gasteiger partial charge in [-0.25, -0.2) is 0 Å². The van der Waals surface area contributed by atoms with Gasteiger partial charge in [0.1, 0.15) is 0 Å². The Morgan fingerprint density at radius 2 is 1.63 bits per heavy atom. The summed E-state index contributed by atoms with van der Waals surface area (Å²) < 4.78 is 6.29. The molecule has 0 spiro atoms. The standard InChI is InChI=1S/C26H46O/c1-18(2)8-6-9-19(3)21-11-12-22-20-10-13-24-26(5,15-7-17-27-24)23(20)14-16-25(21,22)4/h18-24H,6-17H2,1-5H3/t19-,20-,21+,22+,23-,24-,25-,26-/m1/s1. The molecule has 0 radical (unpaired) electrons. The van der Waals surface area contributed by atoms with Crippen molar-refractivity contribution in [3.05, 3.63) is 0 Å². The van der Waals surface area contributed by atoms with E-state index in [0.717, 1.165) is 42.1 Å². The van der Waals surface area contributed by atoms with Crippen LogP contribution in [0.5, 0.6) is 0 Å². The van der Waals surface area contributed by atoms with Crippen molar-refractivity contribution < 1.29 is 4.74 Å². The molecule has 156 valence electrons. The highest BCUT2D eigenvalue weighted by atomic mass is 16.5. The molecule has 1 aliphatic heterocycles.